The van der Waals surface area contributed by atoms with Crippen LogP contribution in [0.1, 0.15) is 37.1 Å². The number of amides is 1. The van der Waals surface area contributed by atoms with Gasteiger partial charge in [0.05, 0.1) is 11.4 Å². The van der Waals surface area contributed by atoms with E-state index in [-0.39, 0.29) is 17.7 Å². The summed E-state index contributed by atoms with van der Waals surface area (Å²) in [6, 6.07) is -0.478. The van der Waals surface area contributed by atoms with Gasteiger partial charge in [-0.15, -0.1) is 0 Å². The van der Waals surface area contributed by atoms with Gasteiger partial charge >= 0.3 is 6.18 Å². The maximum Gasteiger partial charge on any atom is 0.421 e. The number of anilines is 3. The summed E-state index contributed by atoms with van der Waals surface area (Å²) in [4.78, 5) is 22.0. The van der Waals surface area contributed by atoms with E-state index in [9.17, 15) is 18.0 Å². The van der Waals surface area contributed by atoms with Crippen molar-refractivity contribution in [3.8, 4) is 0 Å². The Hall–Kier alpha value is -2.85. The third kappa shape index (κ3) is 4.02. The second kappa shape index (κ2) is 7.64. The Balaban J connectivity index is 1.79. The molecule has 1 aliphatic rings. The maximum absolute atomic E-state index is 13.0. The highest BCUT2D eigenvalue weighted by molar-refractivity contribution is 5.80. The fraction of sp³-hybridized carbons (Fsp3) is 0.529. The molecule has 28 heavy (non-hydrogen) atoms. The van der Waals surface area contributed by atoms with Crippen LogP contribution < -0.4 is 10.6 Å². The first-order valence-electron chi connectivity index (χ1n) is 8.94. The summed E-state index contributed by atoms with van der Waals surface area (Å²) < 4.78 is 40.4. The van der Waals surface area contributed by atoms with Gasteiger partial charge in [-0.3, -0.25) is 9.48 Å². The monoisotopic (exact) mass is 397 g/mol. The van der Waals surface area contributed by atoms with E-state index in [2.05, 4.69) is 25.7 Å². The Morgan fingerprint density at radius 1 is 1.29 bits per heavy atom. The van der Waals surface area contributed by atoms with Crippen LogP contribution in [-0.2, 0) is 11.0 Å². The zero-order valence-corrected chi connectivity index (χ0v) is 15.8. The Kier molecular flexibility index (Phi) is 5.43. The van der Waals surface area contributed by atoms with Gasteiger partial charge in [0.1, 0.15) is 17.4 Å². The summed E-state index contributed by atoms with van der Waals surface area (Å²) in [5.74, 6) is -0.332. The van der Waals surface area contributed by atoms with Crippen molar-refractivity contribution in [2.75, 3.05) is 30.8 Å². The van der Waals surface area contributed by atoms with E-state index >= 15 is 0 Å². The molecule has 0 aromatic carbocycles. The Morgan fingerprint density at radius 3 is 2.57 bits per heavy atom. The number of rotatable bonds is 5. The first-order valence-corrected chi connectivity index (χ1v) is 8.94. The molecule has 2 aromatic rings. The topological polar surface area (TPSA) is 88.0 Å². The number of hydrogen-bond acceptors (Lipinski definition) is 6. The molecule has 0 aliphatic carbocycles. The first-order chi connectivity index (χ1) is 13.2. The number of nitrogens with one attached hydrogen (secondary N) is 2. The SMILES string of the molecule is CNc1nc(Nc2cn([C@@H](C)C(=O)N3CCCC3)nc2C)ncc1C(F)(F)F. The predicted octanol–water partition coefficient (Wildman–Crippen LogP) is 2.97. The lowest BCUT2D eigenvalue weighted by Gasteiger charge is -2.20. The van der Waals surface area contributed by atoms with E-state index < -0.39 is 17.8 Å². The van der Waals surface area contributed by atoms with E-state index in [1.54, 1.807) is 24.7 Å². The molecule has 2 N–H and O–H groups in total. The third-order valence-corrected chi connectivity index (χ3v) is 4.67. The molecule has 1 atom stereocenters. The lowest BCUT2D eigenvalue weighted by atomic mass is 10.3. The molecule has 11 heteroatoms. The average Bonchev–Trinajstić information content (AvgIpc) is 3.30. The van der Waals surface area contributed by atoms with E-state index in [1.165, 1.54) is 7.05 Å². The highest BCUT2D eigenvalue weighted by atomic mass is 19.4. The van der Waals surface area contributed by atoms with Gasteiger partial charge in [0.2, 0.25) is 11.9 Å². The lowest BCUT2D eigenvalue weighted by Crippen LogP contribution is -2.34. The average molecular weight is 397 g/mol. The molecule has 2 aromatic heterocycles. The largest absolute Gasteiger partial charge is 0.421 e. The quantitative estimate of drug-likeness (QED) is 0.807. The van der Waals surface area contributed by atoms with E-state index in [0.717, 1.165) is 32.1 Å². The summed E-state index contributed by atoms with van der Waals surface area (Å²) >= 11 is 0. The number of halogens is 3. The Morgan fingerprint density at radius 2 is 1.96 bits per heavy atom. The normalized spacial score (nSPS) is 15.6. The van der Waals surface area contributed by atoms with E-state index in [4.69, 9.17) is 0 Å². The number of hydrogen-bond donors (Lipinski definition) is 2. The van der Waals surface area contributed by atoms with Crippen molar-refractivity contribution in [1.29, 1.82) is 0 Å². The van der Waals surface area contributed by atoms with Crippen LogP contribution in [0.5, 0.6) is 0 Å². The highest BCUT2D eigenvalue weighted by Gasteiger charge is 2.35. The van der Waals surface area contributed by atoms with Crippen LogP contribution in [0, 0.1) is 6.92 Å². The van der Waals surface area contributed by atoms with Crippen LogP contribution in [0.2, 0.25) is 0 Å². The van der Waals surface area contributed by atoms with Crippen LogP contribution in [0.25, 0.3) is 0 Å². The minimum absolute atomic E-state index is 0.00137. The molecule has 1 amide bonds. The fourth-order valence-electron chi connectivity index (χ4n) is 3.08. The molecule has 3 rings (SSSR count). The summed E-state index contributed by atoms with van der Waals surface area (Å²) in [5, 5.41) is 9.66. The minimum atomic E-state index is -4.55. The number of aromatic nitrogens is 4. The molecule has 0 saturated carbocycles. The number of alkyl halides is 3. The molecule has 1 saturated heterocycles. The highest BCUT2D eigenvalue weighted by Crippen LogP contribution is 2.34. The Bertz CT molecular complexity index is 859. The number of nitrogens with zero attached hydrogens (tertiary/aromatic N) is 5. The zero-order chi connectivity index (χ0) is 20.5. The summed E-state index contributed by atoms with van der Waals surface area (Å²) in [7, 11) is 1.36. The minimum Gasteiger partial charge on any atom is -0.372 e. The third-order valence-electron chi connectivity index (χ3n) is 4.67. The molecular weight excluding hydrogens is 375 g/mol. The molecule has 1 fully saturated rings. The second-order valence-corrected chi connectivity index (χ2v) is 6.65. The first kappa shape index (κ1) is 19.9. The summed E-state index contributed by atoms with van der Waals surface area (Å²) in [6.45, 7) is 5.00. The maximum atomic E-state index is 13.0. The predicted molar refractivity (Wildman–Crippen MR) is 97.4 cm³/mol. The number of likely N-dealkylation sites (tertiary alicyclic amines) is 1. The van der Waals surface area contributed by atoms with Gasteiger partial charge in [-0.2, -0.15) is 23.3 Å². The fourth-order valence-corrected chi connectivity index (χ4v) is 3.08. The van der Waals surface area contributed by atoms with Gasteiger partial charge in [0.25, 0.3) is 0 Å². The molecule has 1 aliphatic heterocycles. The number of carbonyl (C=O) groups is 1. The Labute approximate surface area is 160 Å². The van der Waals surface area contributed by atoms with Gasteiger partial charge in [-0.05, 0) is 26.7 Å². The van der Waals surface area contributed by atoms with Crippen molar-refractivity contribution in [3.63, 3.8) is 0 Å². The molecular formula is C17H22F3N7O. The second-order valence-electron chi connectivity index (χ2n) is 6.65. The number of aryl methyl sites for hydroxylation is 1. The molecule has 8 nitrogen and oxygen atoms in total. The zero-order valence-electron chi connectivity index (χ0n) is 15.8. The van der Waals surface area contributed by atoms with Gasteiger partial charge in [0.15, 0.2) is 0 Å². The van der Waals surface area contributed by atoms with Crippen molar-refractivity contribution < 1.29 is 18.0 Å². The van der Waals surface area contributed by atoms with Crippen molar-refractivity contribution in [1.82, 2.24) is 24.6 Å². The molecule has 0 radical (unpaired) electrons. The van der Waals surface area contributed by atoms with Crippen molar-refractivity contribution in [3.05, 3.63) is 23.7 Å². The van der Waals surface area contributed by atoms with Gasteiger partial charge < -0.3 is 15.5 Å². The van der Waals surface area contributed by atoms with E-state index in [1.807, 2.05) is 4.90 Å². The smallest absolute Gasteiger partial charge is 0.372 e. The molecule has 0 bridgehead atoms. The van der Waals surface area contributed by atoms with Crippen molar-refractivity contribution in [2.45, 2.75) is 38.9 Å². The standard InChI is InChI=1S/C17H22F3N7O/c1-10-13(9-27(25-10)11(2)15(28)26-6-4-5-7-26)23-16-22-8-12(17(18,19)20)14(21-3)24-16/h8-9,11H,4-7H2,1-3H3,(H2,21,22,23,24)/t11-/m0/s1. The lowest BCUT2D eigenvalue weighted by molar-refractivity contribution is -0.137. The summed E-state index contributed by atoms with van der Waals surface area (Å²) in [5.41, 5.74) is 0.149. The molecule has 0 spiro atoms. The van der Waals surface area contributed by atoms with Crippen molar-refractivity contribution >= 4 is 23.4 Å². The van der Waals surface area contributed by atoms with Crippen molar-refractivity contribution in [2.24, 2.45) is 0 Å². The summed E-state index contributed by atoms with van der Waals surface area (Å²) in [6.07, 6.45) is -0.192. The van der Waals surface area contributed by atoms with Crippen LogP contribution in [0.4, 0.5) is 30.6 Å². The molecule has 3 heterocycles. The molecule has 0 unspecified atom stereocenters. The molecule has 152 valence electrons. The number of carbonyl (C=O) groups excluding carboxylic acids is 1. The van der Waals surface area contributed by atoms with Gasteiger partial charge in [-0.25, -0.2) is 4.98 Å². The van der Waals surface area contributed by atoms with Crippen LogP contribution in [0.15, 0.2) is 12.4 Å². The van der Waals surface area contributed by atoms with Crippen LogP contribution >= 0.6 is 0 Å². The van der Waals surface area contributed by atoms with Gasteiger partial charge in [0, 0.05) is 32.5 Å². The van der Waals surface area contributed by atoms with Gasteiger partial charge in [-0.1, -0.05) is 0 Å². The van der Waals surface area contributed by atoms with Crippen LogP contribution in [-0.4, -0.2) is 50.7 Å². The van der Waals surface area contributed by atoms with E-state index in [0.29, 0.717) is 11.4 Å². The van der Waals surface area contributed by atoms with Crippen LogP contribution in [0.3, 0.4) is 0 Å².